The zero-order valence-corrected chi connectivity index (χ0v) is 15.5. The molecule has 134 valence electrons. The number of fused-ring (bicyclic) bond motifs is 1. The minimum atomic E-state index is -0.364. The van der Waals surface area contributed by atoms with Crippen LogP contribution in [0.25, 0.3) is 10.9 Å². The Morgan fingerprint density at radius 2 is 1.81 bits per heavy atom. The number of rotatable bonds is 6. The largest absolute Gasteiger partial charge is 0.490 e. The summed E-state index contributed by atoms with van der Waals surface area (Å²) in [5, 5.41) is 1.62. The van der Waals surface area contributed by atoms with Gasteiger partial charge in [0.15, 0.2) is 0 Å². The van der Waals surface area contributed by atoms with Gasteiger partial charge in [0.25, 0.3) is 0 Å². The highest BCUT2D eigenvalue weighted by molar-refractivity contribution is 6.30. The molecule has 0 unspecified atom stereocenters. The Bertz CT molecular complexity index is 922. The maximum atomic E-state index is 12.6. The van der Waals surface area contributed by atoms with Gasteiger partial charge in [-0.25, -0.2) is 4.79 Å². The van der Waals surface area contributed by atoms with Crippen LogP contribution in [0.2, 0.25) is 5.02 Å². The zero-order valence-electron chi connectivity index (χ0n) is 14.8. The number of nitrogens with zero attached hydrogens (tertiary/aromatic N) is 1. The molecule has 1 aromatic heterocycles. The molecule has 0 amide bonds. The molecule has 0 saturated carbocycles. The number of hydrogen-bond donors (Lipinski definition) is 0. The second-order valence-electron chi connectivity index (χ2n) is 5.87. The van der Waals surface area contributed by atoms with Gasteiger partial charge in [-0.05, 0) is 49.2 Å². The standard InChI is InChI=1S/C21H20ClNO3/c1-3-18-20(14(2)17-6-4-5-7-19(17)23-18)21(24)26-13-12-25-16-10-8-15(22)9-11-16/h4-11H,3,12-13H2,1-2H3. The topological polar surface area (TPSA) is 48.4 Å². The van der Waals surface area contributed by atoms with Crippen molar-refractivity contribution in [3.63, 3.8) is 0 Å². The van der Waals surface area contributed by atoms with Crippen molar-refractivity contribution in [3.05, 3.63) is 70.4 Å². The van der Waals surface area contributed by atoms with Gasteiger partial charge in [-0.2, -0.15) is 0 Å². The summed E-state index contributed by atoms with van der Waals surface area (Å²) in [6.45, 7) is 4.35. The van der Waals surface area contributed by atoms with Gasteiger partial charge in [0.05, 0.1) is 16.8 Å². The molecule has 0 radical (unpaired) electrons. The van der Waals surface area contributed by atoms with Gasteiger partial charge in [0.1, 0.15) is 19.0 Å². The molecule has 0 aliphatic carbocycles. The lowest BCUT2D eigenvalue weighted by Crippen LogP contribution is -2.16. The van der Waals surface area contributed by atoms with E-state index >= 15 is 0 Å². The minimum absolute atomic E-state index is 0.164. The molecule has 3 aromatic rings. The van der Waals surface area contributed by atoms with Crippen LogP contribution in [-0.2, 0) is 11.2 Å². The van der Waals surface area contributed by atoms with Crippen LogP contribution in [0.1, 0.15) is 28.5 Å². The first-order valence-electron chi connectivity index (χ1n) is 8.54. The first kappa shape index (κ1) is 18.2. The number of esters is 1. The molecule has 0 bridgehead atoms. The number of carbonyl (C=O) groups excluding carboxylic acids is 1. The number of aryl methyl sites for hydroxylation is 2. The van der Waals surface area contributed by atoms with E-state index in [0.29, 0.717) is 22.8 Å². The monoisotopic (exact) mass is 369 g/mol. The van der Waals surface area contributed by atoms with Gasteiger partial charge in [0.2, 0.25) is 0 Å². The summed E-state index contributed by atoms with van der Waals surface area (Å²) in [6, 6.07) is 14.9. The van der Waals surface area contributed by atoms with Crippen LogP contribution in [-0.4, -0.2) is 24.2 Å². The fraction of sp³-hybridized carbons (Fsp3) is 0.238. The van der Waals surface area contributed by atoms with Crippen LogP contribution in [0.5, 0.6) is 5.75 Å². The summed E-state index contributed by atoms with van der Waals surface area (Å²) >= 11 is 5.84. The van der Waals surface area contributed by atoms with Gasteiger partial charge >= 0.3 is 5.97 Å². The van der Waals surface area contributed by atoms with E-state index < -0.39 is 0 Å². The van der Waals surface area contributed by atoms with Gasteiger partial charge in [0, 0.05) is 10.4 Å². The molecule has 0 saturated heterocycles. The van der Waals surface area contributed by atoms with Gasteiger partial charge in [-0.15, -0.1) is 0 Å². The molecular weight excluding hydrogens is 350 g/mol. The Kier molecular flexibility index (Phi) is 5.74. The molecule has 1 heterocycles. The summed E-state index contributed by atoms with van der Waals surface area (Å²) in [5.41, 5.74) is 3.10. The minimum Gasteiger partial charge on any atom is -0.490 e. The van der Waals surface area contributed by atoms with Crippen molar-refractivity contribution >= 4 is 28.5 Å². The lowest BCUT2D eigenvalue weighted by atomic mass is 10.0. The Balaban J connectivity index is 1.69. The zero-order chi connectivity index (χ0) is 18.5. The summed E-state index contributed by atoms with van der Waals surface area (Å²) in [6.07, 6.45) is 0.664. The third-order valence-corrected chi connectivity index (χ3v) is 4.42. The summed E-state index contributed by atoms with van der Waals surface area (Å²) < 4.78 is 11.0. The number of benzene rings is 2. The van der Waals surface area contributed by atoms with Gasteiger partial charge in [-0.1, -0.05) is 36.7 Å². The maximum Gasteiger partial charge on any atom is 0.340 e. The average Bonchev–Trinajstić information content (AvgIpc) is 2.66. The van der Waals surface area contributed by atoms with E-state index in [9.17, 15) is 4.79 Å². The van der Waals surface area contributed by atoms with Crippen LogP contribution >= 0.6 is 11.6 Å². The van der Waals surface area contributed by atoms with Gasteiger partial charge < -0.3 is 9.47 Å². The number of pyridine rings is 1. The van der Waals surface area contributed by atoms with E-state index in [0.717, 1.165) is 22.2 Å². The van der Waals surface area contributed by atoms with Crippen LogP contribution in [0.15, 0.2) is 48.5 Å². The molecular formula is C21H20ClNO3. The summed E-state index contributed by atoms with van der Waals surface area (Å²) in [4.78, 5) is 17.2. The number of aromatic nitrogens is 1. The van der Waals surface area contributed by atoms with E-state index in [1.807, 2.05) is 38.1 Å². The Labute approximate surface area is 157 Å². The van der Waals surface area contributed by atoms with Crippen LogP contribution in [0.4, 0.5) is 0 Å². The van der Waals surface area contributed by atoms with Crippen LogP contribution in [0.3, 0.4) is 0 Å². The lowest BCUT2D eigenvalue weighted by molar-refractivity contribution is 0.0448. The van der Waals surface area contributed by atoms with Crippen molar-refractivity contribution in [1.82, 2.24) is 4.98 Å². The van der Waals surface area contributed by atoms with Crippen molar-refractivity contribution in [3.8, 4) is 5.75 Å². The predicted molar refractivity (Wildman–Crippen MR) is 103 cm³/mol. The van der Waals surface area contributed by atoms with E-state index in [1.54, 1.807) is 24.3 Å². The Hall–Kier alpha value is -2.59. The average molecular weight is 370 g/mol. The van der Waals surface area contributed by atoms with Crippen molar-refractivity contribution in [1.29, 1.82) is 0 Å². The predicted octanol–water partition coefficient (Wildman–Crippen LogP) is 4.99. The van der Waals surface area contributed by atoms with E-state index in [1.165, 1.54) is 0 Å². The molecule has 0 atom stereocenters. The molecule has 0 spiro atoms. The molecule has 3 rings (SSSR count). The van der Waals surface area contributed by atoms with Crippen LogP contribution in [0, 0.1) is 6.92 Å². The van der Waals surface area contributed by atoms with Crippen molar-refractivity contribution in [2.45, 2.75) is 20.3 Å². The quantitative estimate of drug-likeness (QED) is 0.453. The fourth-order valence-electron chi connectivity index (χ4n) is 2.86. The molecule has 5 heteroatoms. The SMILES string of the molecule is CCc1nc2ccccc2c(C)c1C(=O)OCCOc1ccc(Cl)cc1. The third kappa shape index (κ3) is 3.97. The summed E-state index contributed by atoms with van der Waals surface area (Å²) in [7, 11) is 0. The first-order valence-corrected chi connectivity index (χ1v) is 8.91. The number of carbonyl (C=O) groups is 1. The van der Waals surface area contributed by atoms with Gasteiger partial charge in [-0.3, -0.25) is 4.98 Å². The Morgan fingerprint density at radius 1 is 1.08 bits per heavy atom. The lowest BCUT2D eigenvalue weighted by Gasteiger charge is -2.13. The second kappa shape index (κ2) is 8.19. The maximum absolute atomic E-state index is 12.6. The highest BCUT2D eigenvalue weighted by atomic mass is 35.5. The smallest absolute Gasteiger partial charge is 0.340 e. The van der Waals surface area contributed by atoms with E-state index in [2.05, 4.69) is 4.98 Å². The number of ether oxygens (including phenoxy) is 2. The number of para-hydroxylation sites is 1. The number of halogens is 1. The van der Waals surface area contributed by atoms with Crippen molar-refractivity contribution < 1.29 is 14.3 Å². The van der Waals surface area contributed by atoms with E-state index in [4.69, 9.17) is 21.1 Å². The Morgan fingerprint density at radius 3 is 2.54 bits per heavy atom. The second-order valence-corrected chi connectivity index (χ2v) is 6.30. The van der Waals surface area contributed by atoms with Crippen molar-refractivity contribution in [2.24, 2.45) is 0 Å². The van der Waals surface area contributed by atoms with E-state index in [-0.39, 0.29) is 19.2 Å². The highest BCUT2D eigenvalue weighted by Gasteiger charge is 2.19. The molecule has 2 aromatic carbocycles. The molecule has 26 heavy (non-hydrogen) atoms. The third-order valence-electron chi connectivity index (χ3n) is 4.16. The normalized spacial score (nSPS) is 10.7. The van der Waals surface area contributed by atoms with Crippen molar-refractivity contribution in [2.75, 3.05) is 13.2 Å². The highest BCUT2D eigenvalue weighted by Crippen LogP contribution is 2.24. The molecule has 4 nitrogen and oxygen atoms in total. The summed E-state index contributed by atoms with van der Waals surface area (Å²) in [5.74, 6) is 0.320. The van der Waals surface area contributed by atoms with Crippen LogP contribution < -0.4 is 4.74 Å². The molecule has 0 N–H and O–H groups in total. The molecule has 0 aliphatic rings. The fourth-order valence-corrected chi connectivity index (χ4v) is 2.99. The number of hydrogen-bond acceptors (Lipinski definition) is 4. The molecule has 0 fully saturated rings. The first-order chi connectivity index (χ1) is 12.6. The molecule has 0 aliphatic heterocycles.